The van der Waals surface area contributed by atoms with E-state index in [2.05, 4.69) is 50.0 Å². The van der Waals surface area contributed by atoms with Crippen LogP contribution in [-0.4, -0.2) is 22.4 Å². The minimum absolute atomic E-state index is 0.384. The molecule has 3 nitrogen and oxygen atoms in total. The predicted molar refractivity (Wildman–Crippen MR) is 89.6 cm³/mol. The zero-order valence-electron chi connectivity index (χ0n) is 14.4. The van der Waals surface area contributed by atoms with Crippen LogP contribution in [0.1, 0.15) is 78.0 Å². The molecule has 21 heavy (non-hydrogen) atoms. The van der Waals surface area contributed by atoms with Crippen LogP contribution in [0.2, 0.25) is 0 Å². The predicted octanol–water partition coefficient (Wildman–Crippen LogP) is 4.35. The molecule has 0 aliphatic heterocycles. The van der Waals surface area contributed by atoms with E-state index in [0.29, 0.717) is 11.5 Å². The second-order valence-corrected chi connectivity index (χ2v) is 7.17. The van der Waals surface area contributed by atoms with Gasteiger partial charge in [0, 0.05) is 24.8 Å². The van der Waals surface area contributed by atoms with E-state index in [4.69, 9.17) is 5.10 Å². The molecule has 1 saturated carbocycles. The molecule has 1 aliphatic carbocycles. The summed E-state index contributed by atoms with van der Waals surface area (Å²) in [4.78, 5) is 0. The Morgan fingerprint density at radius 2 is 2.14 bits per heavy atom. The second-order valence-electron chi connectivity index (χ2n) is 7.17. The van der Waals surface area contributed by atoms with E-state index < -0.39 is 0 Å². The van der Waals surface area contributed by atoms with Crippen LogP contribution in [-0.2, 0) is 6.42 Å². The highest BCUT2D eigenvalue weighted by molar-refractivity contribution is 5.05. The van der Waals surface area contributed by atoms with Crippen LogP contribution in [0.25, 0.3) is 0 Å². The molecule has 1 aromatic heterocycles. The number of nitrogens with zero attached hydrogens (tertiary/aromatic N) is 2. The smallest absolute Gasteiger partial charge is 0.0630 e. The van der Waals surface area contributed by atoms with Crippen LogP contribution in [0.3, 0.4) is 0 Å². The molecule has 120 valence electrons. The highest BCUT2D eigenvalue weighted by atomic mass is 15.3. The van der Waals surface area contributed by atoms with Gasteiger partial charge in [-0.3, -0.25) is 4.68 Å². The number of unbranched alkanes of at least 4 members (excludes halogenated alkanes) is 1. The monoisotopic (exact) mass is 291 g/mol. The van der Waals surface area contributed by atoms with Crippen LogP contribution in [0.5, 0.6) is 0 Å². The lowest BCUT2D eigenvalue weighted by atomic mass is 9.76. The van der Waals surface area contributed by atoms with Gasteiger partial charge in [0.15, 0.2) is 0 Å². The van der Waals surface area contributed by atoms with E-state index in [1.807, 2.05) is 0 Å². The highest BCUT2D eigenvalue weighted by Crippen LogP contribution is 2.33. The Hall–Kier alpha value is -0.830. The van der Waals surface area contributed by atoms with Crippen LogP contribution in [0, 0.1) is 5.41 Å². The lowest BCUT2D eigenvalue weighted by Gasteiger charge is -2.33. The standard InChI is InChI=1S/C18H33N3/c1-5-7-11-18(6-2,14-19-16-8-9-16)13-17-10-12-21(20-17)15(3)4/h10,12,15-16,19H,5-9,11,13-14H2,1-4H3. The van der Waals surface area contributed by atoms with Crippen molar-refractivity contribution in [1.82, 2.24) is 15.1 Å². The van der Waals surface area contributed by atoms with Gasteiger partial charge in [-0.1, -0.05) is 26.7 Å². The van der Waals surface area contributed by atoms with Gasteiger partial charge >= 0.3 is 0 Å². The van der Waals surface area contributed by atoms with Crippen molar-refractivity contribution >= 4 is 0 Å². The van der Waals surface area contributed by atoms with Crippen molar-refractivity contribution in [2.75, 3.05) is 6.54 Å². The first kappa shape index (κ1) is 16.5. The molecule has 0 spiro atoms. The molecule has 1 N–H and O–H groups in total. The van der Waals surface area contributed by atoms with Gasteiger partial charge in [0.1, 0.15) is 0 Å². The van der Waals surface area contributed by atoms with Gasteiger partial charge in [-0.2, -0.15) is 5.10 Å². The van der Waals surface area contributed by atoms with Gasteiger partial charge in [-0.05, 0) is 57.4 Å². The summed E-state index contributed by atoms with van der Waals surface area (Å²) in [5.41, 5.74) is 1.65. The van der Waals surface area contributed by atoms with Crippen molar-refractivity contribution in [3.8, 4) is 0 Å². The molecule has 0 amide bonds. The van der Waals surface area contributed by atoms with Crippen LogP contribution >= 0.6 is 0 Å². The van der Waals surface area contributed by atoms with Gasteiger partial charge in [-0.15, -0.1) is 0 Å². The van der Waals surface area contributed by atoms with Crippen molar-refractivity contribution in [2.45, 2.75) is 84.7 Å². The fourth-order valence-corrected chi connectivity index (χ4v) is 3.01. The Kier molecular flexibility index (Phi) is 5.86. The second kappa shape index (κ2) is 7.44. The molecule has 0 bridgehead atoms. The van der Waals surface area contributed by atoms with Crippen molar-refractivity contribution in [2.24, 2.45) is 5.41 Å². The third kappa shape index (κ3) is 4.84. The number of hydrogen-bond acceptors (Lipinski definition) is 2. The Morgan fingerprint density at radius 1 is 1.38 bits per heavy atom. The molecule has 1 aromatic rings. The average Bonchev–Trinajstić information content (AvgIpc) is 3.19. The lowest BCUT2D eigenvalue weighted by molar-refractivity contribution is 0.225. The Labute approximate surface area is 130 Å². The molecular formula is C18H33N3. The third-order valence-electron chi connectivity index (χ3n) is 4.90. The van der Waals surface area contributed by atoms with E-state index in [1.165, 1.54) is 44.2 Å². The molecule has 1 atom stereocenters. The maximum Gasteiger partial charge on any atom is 0.0630 e. The SMILES string of the molecule is CCCCC(CC)(CNC1CC1)Cc1ccn(C(C)C)n1. The first-order valence-corrected chi connectivity index (χ1v) is 8.86. The molecule has 1 unspecified atom stereocenters. The quantitative estimate of drug-likeness (QED) is 0.694. The summed E-state index contributed by atoms with van der Waals surface area (Å²) in [6.07, 6.45) is 11.1. The topological polar surface area (TPSA) is 29.9 Å². The molecular weight excluding hydrogens is 258 g/mol. The number of aromatic nitrogens is 2. The van der Waals surface area contributed by atoms with Gasteiger partial charge < -0.3 is 5.32 Å². The van der Waals surface area contributed by atoms with E-state index in [-0.39, 0.29) is 0 Å². The van der Waals surface area contributed by atoms with Crippen LogP contribution in [0.4, 0.5) is 0 Å². The fraction of sp³-hybridized carbons (Fsp3) is 0.833. The first-order valence-electron chi connectivity index (χ1n) is 8.86. The van der Waals surface area contributed by atoms with Crippen molar-refractivity contribution < 1.29 is 0 Å². The van der Waals surface area contributed by atoms with E-state index >= 15 is 0 Å². The molecule has 0 radical (unpaired) electrons. The minimum Gasteiger partial charge on any atom is -0.313 e. The maximum atomic E-state index is 4.78. The zero-order chi connectivity index (χ0) is 15.3. The van der Waals surface area contributed by atoms with Crippen LogP contribution in [0.15, 0.2) is 12.3 Å². The molecule has 0 aromatic carbocycles. The van der Waals surface area contributed by atoms with Gasteiger partial charge in [0.05, 0.1) is 5.69 Å². The number of nitrogens with one attached hydrogen (secondary N) is 1. The first-order chi connectivity index (χ1) is 10.1. The molecule has 3 heteroatoms. The summed E-state index contributed by atoms with van der Waals surface area (Å²) in [6.45, 7) is 10.2. The summed E-state index contributed by atoms with van der Waals surface area (Å²) < 4.78 is 2.09. The number of hydrogen-bond donors (Lipinski definition) is 1. The highest BCUT2D eigenvalue weighted by Gasteiger charge is 2.31. The maximum absolute atomic E-state index is 4.78. The molecule has 2 rings (SSSR count). The minimum atomic E-state index is 0.384. The van der Waals surface area contributed by atoms with Crippen molar-refractivity contribution in [3.63, 3.8) is 0 Å². The van der Waals surface area contributed by atoms with E-state index in [9.17, 15) is 0 Å². The number of rotatable bonds is 10. The lowest BCUT2D eigenvalue weighted by Crippen LogP contribution is -2.37. The Balaban J connectivity index is 2.03. The fourth-order valence-electron chi connectivity index (χ4n) is 3.01. The summed E-state index contributed by atoms with van der Waals surface area (Å²) in [6, 6.07) is 3.47. The van der Waals surface area contributed by atoms with Crippen molar-refractivity contribution in [1.29, 1.82) is 0 Å². The normalized spacial score (nSPS) is 18.1. The molecule has 0 saturated heterocycles. The third-order valence-corrected chi connectivity index (χ3v) is 4.90. The van der Waals surface area contributed by atoms with Gasteiger partial charge in [0.2, 0.25) is 0 Å². The van der Waals surface area contributed by atoms with Crippen molar-refractivity contribution in [3.05, 3.63) is 18.0 Å². The van der Waals surface area contributed by atoms with Crippen LogP contribution < -0.4 is 5.32 Å². The Morgan fingerprint density at radius 3 is 2.67 bits per heavy atom. The largest absolute Gasteiger partial charge is 0.313 e. The summed E-state index contributed by atoms with van der Waals surface area (Å²) in [5.74, 6) is 0. The summed E-state index contributed by atoms with van der Waals surface area (Å²) >= 11 is 0. The summed E-state index contributed by atoms with van der Waals surface area (Å²) in [5, 5.41) is 8.55. The van der Waals surface area contributed by atoms with Gasteiger partial charge in [0.25, 0.3) is 0 Å². The molecule has 1 aliphatic rings. The van der Waals surface area contributed by atoms with E-state index in [1.54, 1.807) is 0 Å². The van der Waals surface area contributed by atoms with Gasteiger partial charge in [-0.25, -0.2) is 0 Å². The van der Waals surface area contributed by atoms with E-state index in [0.717, 1.165) is 19.0 Å². The Bertz CT molecular complexity index is 420. The zero-order valence-corrected chi connectivity index (χ0v) is 14.4. The molecule has 1 fully saturated rings. The summed E-state index contributed by atoms with van der Waals surface area (Å²) in [7, 11) is 0. The average molecular weight is 291 g/mol. The molecule has 1 heterocycles.